The minimum absolute atomic E-state index is 0.0734. The van der Waals surface area contributed by atoms with Crippen LogP contribution < -0.4 is 23.8 Å². The molecule has 0 unspecified atom stereocenters. The number of nitrogens with zero attached hydrogens (tertiary/aromatic N) is 2. The highest BCUT2D eigenvalue weighted by Crippen LogP contribution is 2.34. The van der Waals surface area contributed by atoms with Gasteiger partial charge in [0.05, 0.1) is 33.3 Å². The van der Waals surface area contributed by atoms with Gasteiger partial charge < -0.3 is 24.4 Å². The molecule has 1 aliphatic rings. The molecule has 2 amide bonds. The zero-order valence-electron chi connectivity index (χ0n) is 24.0. The van der Waals surface area contributed by atoms with E-state index in [1.54, 1.807) is 31.4 Å². The Hall–Kier alpha value is -3.47. The normalized spacial score (nSPS) is 14.6. The Morgan fingerprint density at radius 2 is 1.57 bits per heavy atom. The van der Waals surface area contributed by atoms with Crippen LogP contribution in [0.1, 0.15) is 51.0 Å². The lowest BCUT2D eigenvalue weighted by atomic mass is 9.95. The van der Waals surface area contributed by atoms with E-state index in [-0.39, 0.29) is 29.9 Å². The first-order chi connectivity index (χ1) is 19.1. The average molecular weight is 576 g/mol. The molecule has 11 heteroatoms. The second-order valence-electron chi connectivity index (χ2n) is 9.94. The van der Waals surface area contributed by atoms with Crippen LogP contribution in [-0.4, -0.2) is 71.3 Å². The van der Waals surface area contributed by atoms with Crippen molar-refractivity contribution >= 4 is 27.5 Å². The summed E-state index contributed by atoms with van der Waals surface area (Å²) in [5, 5.41) is 3.14. The van der Waals surface area contributed by atoms with E-state index in [1.807, 2.05) is 19.1 Å². The van der Waals surface area contributed by atoms with Gasteiger partial charge in [-0.2, -0.15) is 0 Å². The van der Waals surface area contributed by atoms with Crippen molar-refractivity contribution in [1.29, 1.82) is 0 Å². The molecular weight excluding hydrogens is 534 g/mol. The Kier molecular flexibility index (Phi) is 11.1. The second-order valence-corrected chi connectivity index (χ2v) is 11.9. The molecule has 0 spiro atoms. The van der Waals surface area contributed by atoms with Gasteiger partial charge in [0, 0.05) is 18.7 Å². The van der Waals surface area contributed by atoms with Gasteiger partial charge in [-0.25, -0.2) is 8.42 Å². The summed E-state index contributed by atoms with van der Waals surface area (Å²) in [6.07, 6.45) is 6.49. The van der Waals surface area contributed by atoms with E-state index in [0.717, 1.165) is 48.2 Å². The molecule has 1 atom stereocenters. The number of carbonyl (C=O) groups is 2. The van der Waals surface area contributed by atoms with Crippen LogP contribution in [0, 0.1) is 0 Å². The number of methoxy groups -OCH3 is 3. The summed E-state index contributed by atoms with van der Waals surface area (Å²) in [7, 11) is 0.571. The molecule has 2 aromatic carbocycles. The van der Waals surface area contributed by atoms with Gasteiger partial charge in [0.15, 0.2) is 0 Å². The number of amides is 2. The van der Waals surface area contributed by atoms with E-state index >= 15 is 0 Å². The molecule has 1 N–H and O–H groups in total. The molecule has 0 aliphatic heterocycles. The smallest absolute Gasteiger partial charge is 0.244 e. The van der Waals surface area contributed by atoms with Crippen molar-refractivity contribution in [2.75, 3.05) is 38.4 Å². The monoisotopic (exact) mass is 575 g/mol. The van der Waals surface area contributed by atoms with Gasteiger partial charge in [0.2, 0.25) is 21.8 Å². The van der Waals surface area contributed by atoms with Crippen LogP contribution in [0.15, 0.2) is 42.5 Å². The summed E-state index contributed by atoms with van der Waals surface area (Å²) in [4.78, 5) is 28.9. The summed E-state index contributed by atoms with van der Waals surface area (Å²) < 4.78 is 42.8. The zero-order valence-corrected chi connectivity index (χ0v) is 24.8. The first-order valence-electron chi connectivity index (χ1n) is 13.5. The maximum Gasteiger partial charge on any atom is 0.244 e. The van der Waals surface area contributed by atoms with Gasteiger partial charge in [-0.15, -0.1) is 0 Å². The van der Waals surface area contributed by atoms with Crippen LogP contribution in [0.3, 0.4) is 0 Å². The quantitative estimate of drug-likeness (QED) is 0.387. The Morgan fingerprint density at radius 1 is 0.950 bits per heavy atom. The van der Waals surface area contributed by atoms with Gasteiger partial charge >= 0.3 is 0 Å². The average Bonchev–Trinajstić information content (AvgIpc) is 2.95. The minimum atomic E-state index is -3.91. The lowest BCUT2D eigenvalue weighted by molar-refractivity contribution is -0.140. The number of ether oxygens (including phenoxy) is 3. The van der Waals surface area contributed by atoms with Crippen LogP contribution in [0.4, 0.5) is 5.69 Å². The van der Waals surface area contributed by atoms with E-state index in [4.69, 9.17) is 14.2 Å². The number of carbonyl (C=O) groups excluding carboxylic acids is 2. The number of sulfonamides is 1. The van der Waals surface area contributed by atoms with Gasteiger partial charge in [-0.05, 0) is 49.1 Å². The Bertz CT molecular complexity index is 1240. The third kappa shape index (κ3) is 8.03. The maximum absolute atomic E-state index is 14.0. The van der Waals surface area contributed by atoms with Crippen LogP contribution in [0.2, 0.25) is 0 Å². The highest BCUT2D eigenvalue weighted by molar-refractivity contribution is 7.92. The molecule has 0 bridgehead atoms. The van der Waals surface area contributed by atoms with Crippen LogP contribution in [0.25, 0.3) is 0 Å². The SMILES string of the molecule is CC[C@@H](C(=O)NC1CCCCC1)N(Cc1ccc(OC)cc1)C(=O)CN(c1ccc(OC)cc1OC)S(C)(=O)=O. The summed E-state index contributed by atoms with van der Waals surface area (Å²) >= 11 is 0. The van der Waals surface area contributed by atoms with Crippen molar-refractivity contribution in [3.8, 4) is 17.2 Å². The first kappa shape index (κ1) is 31.1. The molecule has 0 saturated heterocycles. The third-order valence-corrected chi connectivity index (χ3v) is 8.31. The van der Waals surface area contributed by atoms with Gasteiger partial charge in [0.1, 0.15) is 29.8 Å². The number of anilines is 1. The van der Waals surface area contributed by atoms with E-state index in [0.29, 0.717) is 17.9 Å². The second kappa shape index (κ2) is 14.2. The van der Waals surface area contributed by atoms with E-state index in [9.17, 15) is 18.0 Å². The molecule has 2 aromatic rings. The van der Waals surface area contributed by atoms with E-state index in [2.05, 4.69) is 5.32 Å². The molecule has 3 rings (SSSR count). The molecule has 10 nitrogen and oxygen atoms in total. The predicted molar refractivity (Wildman–Crippen MR) is 154 cm³/mol. The summed E-state index contributed by atoms with van der Waals surface area (Å²) in [6.45, 7) is 1.46. The van der Waals surface area contributed by atoms with Crippen LogP contribution in [0.5, 0.6) is 17.2 Å². The molecule has 0 radical (unpaired) electrons. The standard InChI is InChI=1S/C29H41N3O7S/c1-6-25(29(34)30-22-10-8-7-9-11-22)31(19-21-12-14-23(37-2)15-13-21)28(33)20-32(40(5,35)36)26-17-16-24(38-3)18-27(26)39-4/h12-18,22,25H,6-11,19-20H2,1-5H3,(H,30,34)/t25-/m0/s1. The van der Waals surface area contributed by atoms with Gasteiger partial charge in [0.25, 0.3) is 0 Å². The van der Waals surface area contributed by atoms with Crippen LogP contribution >= 0.6 is 0 Å². The van der Waals surface area contributed by atoms with Crippen molar-refractivity contribution in [1.82, 2.24) is 10.2 Å². The Balaban J connectivity index is 1.96. The van der Waals surface area contributed by atoms with Crippen molar-refractivity contribution in [3.05, 3.63) is 48.0 Å². The zero-order chi connectivity index (χ0) is 29.3. The Labute approximate surface area is 237 Å². The minimum Gasteiger partial charge on any atom is -0.497 e. The molecule has 1 saturated carbocycles. The summed E-state index contributed by atoms with van der Waals surface area (Å²) in [5.41, 5.74) is 0.981. The number of hydrogen-bond donors (Lipinski definition) is 1. The lowest BCUT2D eigenvalue weighted by Gasteiger charge is -2.34. The van der Waals surface area contributed by atoms with Crippen molar-refractivity contribution in [2.24, 2.45) is 0 Å². The fourth-order valence-electron chi connectivity index (χ4n) is 4.98. The number of benzene rings is 2. The maximum atomic E-state index is 14.0. The van der Waals surface area contributed by atoms with Crippen molar-refractivity contribution in [2.45, 2.75) is 64.1 Å². The topological polar surface area (TPSA) is 114 Å². The molecule has 40 heavy (non-hydrogen) atoms. The molecule has 1 fully saturated rings. The highest BCUT2D eigenvalue weighted by atomic mass is 32.2. The van der Waals surface area contributed by atoms with Gasteiger partial charge in [-0.3, -0.25) is 13.9 Å². The number of rotatable bonds is 13. The highest BCUT2D eigenvalue weighted by Gasteiger charge is 2.33. The van der Waals surface area contributed by atoms with E-state index in [1.165, 1.54) is 25.2 Å². The molecule has 0 heterocycles. The fourth-order valence-corrected chi connectivity index (χ4v) is 5.83. The van der Waals surface area contributed by atoms with Crippen LogP contribution in [-0.2, 0) is 26.2 Å². The number of nitrogens with one attached hydrogen (secondary N) is 1. The molecule has 220 valence electrons. The molecule has 1 aliphatic carbocycles. The van der Waals surface area contributed by atoms with Crippen molar-refractivity contribution < 1.29 is 32.2 Å². The number of hydrogen-bond acceptors (Lipinski definition) is 7. The summed E-state index contributed by atoms with van der Waals surface area (Å²) in [5.74, 6) is 0.640. The van der Waals surface area contributed by atoms with E-state index < -0.39 is 28.5 Å². The largest absolute Gasteiger partial charge is 0.497 e. The van der Waals surface area contributed by atoms with Crippen molar-refractivity contribution in [3.63, 3.8) is 0 Å². The predicted octanol–water partition coefficient (Wildman–Crippen LogP) is 3.73. The third-order valence-electron chi connectivity index (χ3n) is 7.18. The first-order valence-corrected chi connectivity index (χ1v) is 15.4. The fraction of sp³-hybridized carbons (Fsp3) is 0.517. The molecular formula is C29H41N3O7S. The molecule has 0 aromatic heterocycles. The summed E-state index contributed by atoms with van der Waals surface area (Å²) in [6, 6.07) is 11.2. The Morgan fingerprint density at radius 3 is 2.12 bits per heavy atom. The van der Waals surface area contributed by atoms with Gasteiger partial charge in [-0.1, -0.05) is 38.3 Å². The lowest BCUT2D eigenvalue weighted by Crippen LogP contribution is -2.54.